The van der Waals surface area contributed by atoms with Gasteiger partial charge in [-0.1, -0.05) is 54.6 Å². The highest BCUT2D eigenvalue weighted by Crippen LogP contribution is 2.33. The summed E-state index contributed by atoms with van der Waals surface area (Å²) >= 11 is 0. The topological polar surface area (TPSA) is 29.3 Å². The maximum atomic E-state index is 5.96. The molecule has 0 bridgehead atoms. The molecule has 0 amide bonds. The van der Waals surface area contributed by atoms with Crippen LogP contribution in [-0.2, 0) is 0 Å². The summed E-state index contributed by atoms with van der Waals surface area (Å²) in [5.41, 5.74) is 10.0. The van der Waals surface area contributed by atoms with Crippen LogP contribution in [0.2, 0.25) is 0 Å². The predicted octanol–water partition coefficient (Wildman–Crippen LogP) is 2.73. The fraction of sp³-hybridized carbons (Fsp3) is 0.294. The SMILES string of the molecule is Cc1ccccc1C(c1ccccc1)N1CC(N)C1. The van der Waals surface area contributed by atoms with E-state index < -0.39 is 0 Å². The second-order valence-corrected chi connectivity index (χ2v) is 5.38. The van der Waals surface area contributed by atoms with Crippen LogP contribution >= 0.6 is 0 Å². The predicted molar refractivity (Wildman–Crippen MR) is 79.0 cm³/mol. The van der Waals surface area contributed by atoms with Gasteiger partial charge in [0.2, 0.25) is 0 Å². The van der Waals surface area contributed by atoms with E-state index in [9.17, 15) is 0 Å². The van der Waals surface area contributed by atoms with Crippen molar-refractivity contribution in [3.63, 3.8) is 0 Å². The molecule has 1 atom stereocenters. The van der Waals surface area contributed by atoms with Crippen molar-refractivity contribution in [2.75, 3.05) is 13.1 Å². The standard InChI is InChI=1S/C17H20N2/c1-13-7-5-6-10-16(13)17(19-11-15(18)12-19)14-8-3-2-4-9-14/h2-10,15,17H,11-12,18H2,1H3. The average Bonchev–Trinajstić information content (AvgIpc) is 2.40. The van der Waals surface area contributed by atoms with Crippen molar-refractivity contribution in [2.24, 2.45) is 5.73 Å². The Bertz CT molecular complexity index is 544. The lowest BCUT2D eigenvalue weighted by Gasteiger charge is -2.43. The summed E-state index contributed by atoms with van der Waals surface area (Å²) in [6.07, 6.45) is 0. The molecule has 1 unspecified atom stereocenters. The molecule has 0 radical (unpaired) electrons. The van der Waals surface area contributed by atoms with Crippen LogP contribution in [0, 0.1) is 6.92 Å². The van der Waals surface area contributed by atoms with Crippen LogP contribution in [0.1, 0.15) is 22.7 Å². The molecule has 2 N–H and O–H groups in total. The van der Waals surface area contributed by atoms with Crippen molar-refractivity contribution in [1.82, 2.24) is 4.90 Å². The van der Waals surface area contributed by atoms with Gasteiger partial charge in [-0.2, -0.15) is 0 Å². The summed E-state index contributed by atoms with van der Waals surface area (Å²) in [5, 5.41) is 0. The van der Waals surface area contributed by atoms with Gasteiger partial charge >= 0.3 is 0 Å². The maximum Gasteiger partial charge on any atom is 0.0605 e. The molecule has 3 rings (SSSR count). The molecule has 2 aromatic rings. The van der Waals surface area contributed by atoms with E-state index in [1.165, 1.54) is 16.7 Å². The van der Waals surface area contributed by atoms with E-state index in [1.807, 2.05) is 0 Å². The number of aryl methyl sites for hydroxylation is 1. The Balaban J connectivity index is 2.00. The van der Waals surface area contributed by atoms with Gasteiger partial charge in [0.1, 0.15) is 0 Å². The first kappa shape index (κ1) is 12.4. The summed E-state index contributed by atoms with van der Waals surface area (Å²) < 4.78 is 0. The number of hydrogen-bond donors (Lipinski definition) is 1. The first-order valence-corrected chi connectivity index (χ1v) is 6.86. The minimum absolute atomic E-state index is 0.329. The lowest BCUT2D eigenvalue weighted by Crippen LogP contribution is -2.56. The summed E-state index contributed by atoms with van der Waals surface area (Å²) in [6.45, 7) is 4.15. The molecule has 0 saturated carbocycles. The van der Waals surface area contributed by atoms with Crippen molar-refractivity contribution < 1.29 is 0 Å². The largest absolute Gasteiger partial charge is 0.325 e. The van der Waals surface area contributed by atoms with Crippen LogP contribution < -0.4 is 5.73 Å². The summed E-state index contributed by atoms with van der Waals surface area (Å²) in [5.74, 6) is 0. The van der Waals surface area contributed by atoms with Gasteiger partial charge in [0, 0.05) is 19.1 Å². The van der Waals surface area contributed by atoms with Gasteiger partial charge in [-0.25, -0.2) is 0 Å². The Morgan fingerprint density at radius 1 is 1.00 bits per heavy atom. The number of rotatable bonds is 3. The number of hydrogen-bond acceptors (Lipinski definition) is 2. The Hall–Kier alpha value is -1.64. The molecule has 98 valence electrons. The third-order valence-electron chi connectivity index (χ3n) is 3.90. The van der Waals surface area contributed by atoms with E-state index in [2.05, 4.69) is 66.4 Å². The highest BCUT2D eigenvalue weighted by Gasteiger charge is 2.32. The third-order valence-corrected chi connectivity index (χ3v) is 3.90. The monoisotopic (exact) mass is 252 g/mol. The molecular formula is C17H20N2. The highest BCUT2D eigenvalue weighted by atomic mass is 15.2. The van der Waals surface area contributed by atoms with Crippen molar-refractivity contribution in [3.8, 4) is 0 Å². The molecule has 1 aliphatic rings. The van der Waals surface area contributed by atoms with Gasteiger partial charge in [0.05, 0.1) is 6.04 Å². The van der Waals surface area contributed by atoms with Crippen molar-refractivity contribution >= 4 is 0 Å². The average molecular weight is 252 g/mol. The van der Waals surface area contributed by atoms with Crippen LogP contribution in [0.25, 0.3) is 0 Å². The normalized spacial score (nSPS) is 18.0. The zero-order chi connectivity index (χ0) is 13.2. The quantitative estimate of drug-likeness (QED) is 0.910. The molecule has 1 saturated heterocycles. The minimum Gasteiger partial charge on any atom is -0.325 e. The highest BCUT2D eigenvalue weighted by molar-refractivity contribution is 5.37. The zero-order valence-electron chi connectivity index (χ0n) is 11.3. The molecule has 1 aliphatic heterocycles. The number of nitrogens with zero attached hydrogens (tertiary/aromatic N) is 1. The van der Waals surface area contributed by atoms with Crippen molar-refractivity contribution in [3.05, 3.63) is 71.3 Å². The Morgan fingerprint density at radius 3 is 2.26 bits per heavy atom. The fourth-order valence-corrected chi connectivity index (χ4v) is 2.88. The molecule has 1 fully saturated rings. The third kappa shape index (κ3) is 2.42. The van der Waals surface area contributed by atoms with E-state index >= 15 is 0 Å². The second kappa shape index (κ2) is 5.16. The van der Waals surface area contributed by atoms with E-state index in [4.69, 9.17) is 5.73 Å². The van der Waals surface area contributed by atoms with Gasteiger partial charge in [-0.3, -0.25) is 4.90 Å². The lowest BCUT2D eigenvalue weighted by molar-refractivity contribution is 0.113. The number of benzene rings is 2. The zero-order valence-corrected chi connectivity index (χ0v) is 11.3. The van der Waals surface area contributed by atoms with E-state index in [-0.39, 0.29) is 0 Å². The summed E-state index contributed by atoms with van der Waals surface area (Å²) in [4.78, 5) is 2.46. The summed E-state index contributed by atoms with van der Waals surface area (Å²) in [7, 11) is 0. The Kier molecular flexibility index (Phi) is 3.36. The van der Waals surface area contributed by atoms with Crippen molar-refractivity contribution in [2.45, 2.75) is 19.0 Å². The molecule has 2 nitrogen and oxygen atoms in total. The first-order valence-electron chi connectivity index (χ1n) is 6.86. The fourth-order valence-electron chi connectivity index (χ4n) is 2.88. The van der Waals surface area contributed by atoms with Crippen molar-refractivity contribution in [1.29, 1.82) is 0 Å². The van der Waals surface area contributed by atoms with Gasteiger partial charge in [-0.05, 0) is 23.6 Å². The molecular weight excluding hydrogens is 232 g/mol. The molecule has 0 spiro atoms. The van der Waals surface area contributed by atoms with E-state index in [0.717, 1.165) is 13.1 Å². The van der Waals surface area contributed by atoms with E-state index in [0.29, 0.717) is 12.1 Å². The molecule has 19 heavy (non-hydrogen) atoms. The number of likely N-dealkylation sites (tertiary alicyclic amines) is 1. The molecule has 0 aromatic heterocycles. The van der Waals surface area contributed by atoms with Gasteiger partial charge in [0.15, 0.2) is 0 Å². The first-order chi connectivity index (χ1) is 9.25. The maximum absolute atomic E-state index is 5.96. The van der Waals surface area contributed by atoms with Crippen LogP contribution in [0.5, 0.6) is 0 Å². The van der Waals surface area contributed by atoms with Crippen LogP contribution in [0.4, 0.5) is 0 Å². The van der Waals surface area contributed by atoms with Gasteiger partial charge in [-0.15, -0.1) is 0 Å². The van der Waals surface area contributed by atoms with Crippen LogP contribution in [-0.4, -0.2) is 24.0 Å². The molecule has 2 heteroatoms. The van der Waals surface area contributed by atoms with Gasteiger partial charge < -0.3 is 5.73 Å². The minimum atomic E-state index is 0.329. The lowest BCUT2D eigenvalue weighted by atomic mass is 9.91. The van der Waals surface area contributed by atoms with E-state index in [1.54, 1.807) is 0 Å². The smallest absolute Gasteiger partial charge is 0.0605 e. The molecule has 2 aromatic carbocycles. The summed E-state index contributed by atoms with van der Waals surface area (Å²) in [6, 6.07) is 20.0. The molecule has 1 heterocycles. The molecule has 0 aliphatic carbocycles. The van der Waals surface area contributed by atoms with Crippen LogP contribution in [0.3, 0.4) is 0 Å². The Morgan fingerprint density at radius 2 is 1.63 bits per heavy atom. The second-order valence-electron chi connectivity index (χ2n) is 5.38. The van der Waals surface area contributed by atoms with Gasteiger partial charge in [0.25, 0.3) is 0 Å². The Labute approximate surface area is 114 Å². The van der Waals surface area contributed by atoms with Crippen LogP contribution in [0.15, 0.2) is 54.6 Å². The number of nitrogens with two attached hydrogens (primary N) is 1.